The molecule has 0 saturated heterocycles. The molecule has 0 amide bonds. The Morgan fingerprint density at radius 1 is 1.50 bits per heavy atom. The second-order valence-electron chi connectivity index (χ2n) is 3.96. The number of rotatable bonds is 4. The van der Waals surface area contributed by atoms with Gasteiger partial charge in [0.2, 0.25) is 0 Å². The molecule has 0 aliphatic carbocycles. The summed E-state index contributed by atoms with van der Waals surface area (Å²) in [5.74, 6) is -1.64. The third-order valence-electron chi connectivity index (χ3n) is 2.80. The van der Waals surface area contributed by atoms with Crippen molar-refractivity contribution in [1.82, 2.24) is 9.97 Å². The fraction of sp³-hybridized carbons (Fsp3) is 0.231. The van der Waals surface area contributed by atoms with E-state index >= 15 is 0 Å². The van der Waals surface area contributed by atoms with Gasteiger partial charge >= 0.3 is 5.97 Å². The molecule has 0 bridgehead atoms. The summed E-state index contributed by atoms with van der Waals surface area (Å²) < 4.78 is 13.6. The van der Waals surface area contributed by atoms with E-state index in [1.807, 2.05) is 0 Å². The smallest absolute Gasteiger partial charge is 0.314 e. The number of nitrogens with one attached hydrogen (secondary N) is 1. The van der Waals surface area contributed by atoms with Crippen LogP contribution in [0.15, 0.2) is 30.5 Å². The molecule has 1 unspecified atom stereocenters. The minimum atomic E-state index is -0.938. The number of hydrogen-bond donors (Lipinski definition) is 2. The molecule has 2 N–H and O–H groups in total. The number of aromatic nitrogens is 2. The molecule has 1 atom stereocenters. The van der Waals surface area contributed by atoms with Gasteiger partial charge in [-0.15, -0.1) is 0 Å². The molecule has 1 aromatic carbocycles. The summed E-state index contributed by atoms with van der Waals surface area (Å²) in [4.78, 5) is 17.9. The lowest BCUT2D eigenvalue weighted by molar-refractivity contribution is -0.139. The summed E-state index contributed by atoms with van der Waals surface area (Å²) in [7, 11) is 0. The molecule has 0 fully saturated rings. The first-order valence-corrected chi connectivity index (χ1v) is 5.66. The van der Waals surface area contributed by atoms with Gasteiger partial charge in [0.15, 0.2) is 0 Å². The Balaban J connectivity index is 2.36. The predicted octanol–water partition coefficient (Wildman–Crippen LogP) is 2.79. The third-order valence-corrected chi connectivity index (χ3v) is 2.80. The van der Waals surface area contributed by atoms with Crippen molar-refractivity contribution in [1.29, 1.82) is 0 Å². The molecule has 1 heterocycles. The summed E-state index contributed by atoms with van der Waals surface area (Å²) in [5.41, 5.74) is 0.874. The van der Waals surface area contributed by atoms with E-state index in [2.05, 4.69) is 9.97 Å². The van der Waals surface area contributed by atoms with Gasteiger partial charge in [0.1, 0.15) is 17.6 Å². The van der Waals surface area contributed by atoms with Gasteiger partial charge in [-0.2, -0.15) is 0 Å². The zero-order valence-electron chi connectivity index (χ0n) is 9.85. The Labute approximate surface area is 103 Å². The molecule has 1 aromatic heterocycles. The lowest BCUT2D eigenvalue weighted by Gasteiger charge is -2.05. The van der Waals surface area contributed by atoms with Crippen molar-refractivity contribution in [3.05, 3.63) is 42.1 Å². The number of carboxylic acids is 1. The molecule has 0 aliphatic heterocycles. The van der Waals surface area contributed by atoms with Gasteiger partial charge in [0, 0.05) is 5.56 Å². The summed E-state index contributed by atoms with van der Waals surface area (Å²) in [6, 6.07) is 6.29. The average Bonchev–Trinajstić information content (AvgIpc) is 2.79. The van der Waals surface area contributed by atoms with E-state index < -0.39 is 11.9 Å². The molecule has 5 heteroatoms. The Bertz CT molecular complexity index is 566. The molecule has 0 radical (unpaired) electrons. The Morgan fingerprint density at radius 3 is 2.83 bits per heavy atom. The van der Waals surface area contributed by atoms with Crippen LogP contribution in [0.4, 0.5) is 4.39 Å². The van der Waals surface area contributed by atoms with Crippen molar-refractivity contribution in [2.75, 3.05) is 0 Å². The van der Waals surface area contributed by atoms with E-state index in [1.54, 1.807) is 25.1 Å². The van der Waals surface area contributed by atoms with E-state index in [0.717, 1.165) is 0 Å². The number of halogens is 1. The molecular weight excluding hydrogens is 235 g/mol. The van der Waals surface area contributed by atoms with Crippen molar-refractivity contribution in [3.8, 4) is 11.3 Å². The zero-order valence-corrected chi connectivity index (χ0v) is 9.85. The van der Waals surface area contributed by atoms with Crippen molar-refractivity contribution < 1.29 is 14.3 Å². The molecular formula is C13H13FN2O2. The number of aromatic amines is 1. The molecule has 18 heavy (non-hydrogen) atoms. The quantitative estimate of drug-likeness (QED) is 0.874. The van der Waals surface area contributed by atoms with Crippen LogP contribution in [-0.4, -0.2) is 21.0 Å². The number of nitrogens with zero attached hydrogens (tertiary/aromatic N) is 1. The highest BCUT2D eigenvalue weighted by Crippen LogP contribution is 2.24. The van der Waals surface area contributed by atoms with Crippen LogP contribution in [0.5, 0.6) is 0 Å². The largest absolute Gasteiger partial charge is 0.481 e. The Morgan fingerprint density at radius 2 is 2.22 bits per heavy atom. The maximum atomic E-state index is 13.6. The third kappa shape index (κ3) is 2.25. The van der Waals surface area contributed by atoms with Gasteiger partial charge in [-0.3, -0.25) is 4.79 Å². The number of benzene rings is 1. The van der Waals surface area contributed by atoms with Gasteiger partial charge in [-0.25, -0.2) is 9.37 Å². The minimum Gasteiger partial charge on any atom is -0.481 e. The van der Waals surface area contributed by atoms with Crippen molar-refractivity contribution in [2.24, 2.45) is 0 Å². The van der Waals surface area contributed by atoms with Crippen LogP contribution >= 0.6 is 0 Å². The second kappa shape index (κ2) is 5.00. The summed E-state index contributed by atoms with van der Waals surface area (Å²) in [5, 5.41) is 9.03. The maximum Gasteiger partial charge on any atom is 0.314 e. The highest BCUT2D eigenvalue weighted by atomic mass is 19.1. The van der Waals surface area contributed by atoms with Gasteiger partial charge in [0.25, 0.3) is 0 Å². The van der Waals surface area contributed by atoms with E-state index in [0.29, 0.717) is 23.5 Å². The van der Waals surface area contributed by atoms with Crippen LogP contribution in [0.25, 0.3) is 11.3 Å². The van der Waals surface area contributed by atoms with Crippen LogP contribution in [0.3, 0.4) is 0 Å². The summed E-state index contributed by atoms with van der Waals surface area (Å²) in [6.45, 7) is 1.77. The van der Waals surface area contributed by atoms with Crippen LogP contribution in [-0.2, 0) is 4.79 Å². The SMILES string of the molecule is CCC(C(=O)O)c1ncc(-c2ccccc2F)[nH]1. The Hall–Kier alpha value is -2.17. The van der Waals surface area contributed by atoms with E-state index in [-0.39, 0.29) is 5.82 Å². The average molecular weight is 248 g/mol. The van der Waals surface area contributed by atoms with E-state index in [9.17, 15) is 9.18 Å². The van der Waals surface area contributed by atoms with Gasteiger partial charge in [-0.1, -0.05) is 19.1 Å². The Kier molecular flexibility index (Phi) is 3.41. The second-order valence-corrected chi connectivity index (χ2v) is 3.96. The molecule has 4 nitrogen and oxygen atoms in total. The standard InChI is InChI=1S/C13H13FN2O2/c1-2-8(13(17)18)12-15-7-11(16-12)9-5-3-4-6-10(9)14/h3-8H,2H2,1H3,(H,15,16)(H,17,18). The number of hydrogen-bond acceptors (Lipinski definition) is 2. The topological polar surface area (TPSA) is 66.0 Å². The molecule has 0 spiro atoms. The van der Waals surface area contributed by atoms with E-state index in [4.69, 9.17) is 5.11 Å². The molecule has 0 saturated carbocycles. The lowest BCUT2D eigenvalue weighted by Crippen LogP contribution is -2.11. The fourth-order valence-corrected chi connectivity index (χ4v) is 1.82. The summed E-state index contributed by atoms with van der Waals surface area (Å²) >= 11 is 0. The normalized spacial score (nSPS) is 12.3. The molecule has 94 valence electrons. The number of carbonyl (C=O) groups is 1. The number of aliphatic carboxylic acids is 1. The number of carboxylic acid groups (broad SMARTS) is 1. The first kappa shape index (κ1) is 12.3. The first-order valence-electron chi connectivity index (χ1n) is 5.66. The molecule has 0 aliphatic rings. The van der Waals surface area contributed by atoms with Crippen LogP contribution in [0, 0.1) is 5.82 Å². The lowest BCUT2D eigenvalue weighted by atomic mass is 10.1. The van der Waals surface area contributed by atoms with Gasteiger partial charge in [0.05, 0.1) is 11.9 Å². The fourth-order valence-electron chi connectivity index (χ4n) is 1.82. The first-order chi connectivity index (χ1) is 8.63. The van der Waals surface area contributed by atoms with Gasteiger partial charge < -0.3 is 10.1 Å². The molecule has 2 rings (SSSR count). The van der Waals surface area contributed by atoms with Crippen molar-refractivity contribution in [3.63, 3.8) is 0 Å². The highest BCUT2D eigenvalue weighted by Gasteiger charge is 2.21. The molecule has 2 aromatic rings. The number of H-pyrrole nitrogens is 1. The van der Waals surface area contributed by atoms with Crippen molar-refractivity contribution in [2.45, 2.75) is 19.3 Å². The van der Waals surface area contributed by atoms with Crippen LogP contribution in [0.1, 0.15) is 25.1 Å². The minimum absolute atomic E-state index is 0.350. The summed E-state index contributed by atoms with van der Waals surface area (Å²) in [6.07, 6.45) is 1.89. The van der Waals surface area contributed by atoms with Gasteiger partial charge in [-0.05, 0) is 18.6 Å². The maximum absolute atomic E-state index is 13.6. The van der Waals surface area contributed by atoms with Crippen LogP contribution in [0.2, 0.25) is 0 Å². The monoisotopic (exact) mass is 248 g/mol. The highest BCUT2D eigenvalue weighted by molar-refractivity contribution is 5.75. The van der Waals surface area contributed by atoms with Crippen LogP contribution < -0.4 is 0 Å². The van der Waals surface area contributed by atoms with Crippen molar-refractivity contribution >= 4 is 5.97 Å². The van der Waals surface area contributed by atoms with E-state index in [1.165, 1.54) is 12.3 Å². The predicted molar refractivity (Wildman–Crippen MR) is 64.6 cm³/mol. The zero-order chi connectivity index (χ0) is 13.1. The number of imidazole rings is 1.